The van der Waals surface area contributed by atoms with E-state index in [1.165, 1.54) is 12.1 Å². The number of nitriles is 1. The van der Waals surface area contributed by atoms with Crippen LogP contribution in [0.2, 0.25) is 0 Å². The summed E-state index contributed by atoms with van der Waals surface area (Å²) in [5.74, 6) is -0.597. The van der Waals surface area contributed by atoms with Crippen LogP contribution in [0.1, 0.15) is 18.4 Å². The molecule has 1 saturated carbocycles. The van der Waals surface area contributed by atoms with Crippen molar-refractivity contribution < 1.29 is 9.18 Å². The number of halogens is 1. The number of hydrogen-bond donors (Lipinski definition) is 1. The van der Waals surface area contributed by atoms with Gasteiger partial charge in [-0.2, -0.15) is 5.26 Å². The molecule has 82 valence electrons. The number of carbonyl (C=O) groups excluding carboxylic acids is 1. The molecule has 0 saturated heterocycles. The Balaban J connectivity index is 2.13. The van der Waals surface area contributed by atoms with Gasteiger partial charge in [0.1, 0.15) is 11.2 Å². The third-order valence-electron chi connectivity index (χ3n) is 2.81. The van der Waals surface area contributed by atoms with E-state index in [4.69, 9.17) is 5.26 Å². The molecule has 0 heterocycles. The summed E-state index contributed by atoms with van der Waals surface area (Å²) in [6, 6.07) is 6.36. The van der Waals surface area contributed by atoms with E-state index in [1.807, 2.05) is 6.07 Å². The topological polar surface area (TPSA) is 52.9 Å². The highest BCUT2D eigenvalue weighted by atomic mass is 19.1. The van der Waals surface area contributed by atoms with Gasteiger partial charge in [-0.3, -0.25) is 4.79 Å². The highest BCUT2D eigenvalue weighted by Gasteiger charge is 2.50. The number of hydrogen-bond acceptors (Lipinski definition) is 2. The molecule has 0 aliphatic heterocycles. The fraction of sp³-hybridized carbons (Fsp3) is 0.333. The predicted octanol–water partition coefficient (Wildman–Crippen LogP) is 2.38. The van der Waals surface area contributed by atoms with Gasteiger partial charge in [0, 0.05) is 5.69 Å². The van der Waals surface area contributed by atoms with Crippen molar-refractivity contribution in [1.29, 1.82) is 5.26 Å². The lowest BCUT2D eigenvalue weighted by Gasteiger charge is -2.08. The van der Waals surface area contributed by atoms with Gasteiger partial charge in [0.25, 0.3) is 0 Å². The van der Waals surface area contributed by atoms with Gasteiger partial charge in [-0.15, -0.1) is 0 Å². The normalized spacial score (nSPS) is 16.3. The van der Waals surface area contributed by atoms with Gasteiger partial charge in [-0.1, -0.05) is 0 Å². The van der Waals surface area contributed by atoms with E-state index in [-0.39, 0.29) is 11.7 Å². The predicted molar refractivity (Wildman–Crippen MR) is 57.0 cm³/mol. The van der Waals surface area contributed by atoms with Crippen molar-refractivity contribution in [3.8, 4) is 6.07 Å². The Morgan fingerprint density at radius 1 is 1.56 bits per heavy atom. The Kier molecular flexibility index (Phi) is 2.39. The van der Waals surface area contributed by atoms with Gasteiger partial charge in [0.05, 0.1) is 6.07 Å². The second-order valence-electron chi connectivity index (χ2n) is 4.11. The average Bonchev–Trinajstić information content (AvgIpc) is 3.04. The summed E-state index contributed by atoms with van der Waals surface area (Å²) in [6.07, 6.45) is 1.21. The summed E-state index contributed by atoms with van der Waals surface area (Å²) in [7, 11) is 0. The highest BCUT2D eigenvalue weighted by Crippen LogP contribution is 2.45. The van der Waals surface area contributed by atoms with E-state index < -0.39 is 5.41 Å². The van der Waals surface area contributed by atoms with Gasteiger partial charge in [-0.25, -0.2) is 4.39 Å². The second-order valence-corrected chi connectivity index (χ2v) is 4.11. The molecule has 0 bridgehead atoms. The number of aryl methyl sites for hydroxylation is 1. The van der Waals surface area contributed by atoms with Crippen LogP contribution in [-0.2, 0) is 4.79 Å². The van der Waals surface area contributed by atoms with Crippen LogP contribution in [-0.4, -0.2) is 5.91 Å². The monoisotopic (exact) mass is 218 g/mol. The van der Waals surface area contributed by atoms with Crippen LogP contribution in [0.5, 0.6) is 0 Å². The van der Waals surface area contributed by atoms with Crippen LogP contribution in [0.15, 0.2) is 18.2 Å². The largest absolute Gasteiger partial charge is 0.325 e. The second kappa shape index (κ2) is 3.60. The number of amides is 1. The van der Waals surface area contributed by atoms with Gasteiger partial charge in [0.2, 0.25) is 5.91 Å². The molecule has 1 aliphatic rings. The van der Waals surface area contributed by atoms with Crippen molar-refractivity contribution in [2.24, 2.45) is 5.41 Å². The number of carbonyl (C=O) groups is 1. The van der Waals surface area contributed by atoms with Crippen molar-refractivity contribution >= 4 is 11.6 Å². The van der Waals surface area contributed by atoms with Gasteiger partial charge in [-0.05, 0) is 43.5 Å². The first kappa shape index (κ1) is 10.6. The molecule has 1 fully saturated rings. The minimum absolute atomic E-state index is 0.291. The smallest absolute Gasteiger partial charge is 0.244 e. The van der Waals surface area contributed by atoms with E-state index in [0.29, 0.717) is 24.1 Å². The standard InChI is InChI=1S/C12H11FN2O/c1-8-6-9(2-3-10(8)13)15-11(16)12(7-14)4-5-12/h2-3,6H,4-5H2,1H3,(H,15,16). The minimum Gasteiger partial charge on any atom is -0.325 e. The molecule has 0 aromatic heterocycles. The van der Waals surface area contributed by atoms with Crippen molar-refractivity contribution in [3.05, 3.63) is 29.6 Å². The molecule has 0 radical (unpaired) electrons. The maximum atomic E-state index is 13.0. The maximum Gasteiger partial charge on any atom is 0.244 e. The molecule has 3 nitrogen and oxygen atoms in total. The number of nitrogens with zero attached hydrogens (tertiary/aromatic N) is 1. The van der Waals surface area contributed by atoms with Gasteiger partial charge < -0.3 is 5.32 Å². The minimum atomic E-state index is -0.845. The molecule has 4 heteroatoms. The summed E-state index contributed by atoms with van der Waals surface area (Å²) in [6.45, 7) is 1.63. The van der Waals surface area contributed by atoms with Crippen LogP contribution >= 0.6 is 0 Å². The van der Waals surface area contributed by atoms with E-state index in [9.17, 15) is 9.18 Å². The summed E-state index contributed by atoms with van der Waals surface area (Å²) < 4.78 is 13.0. The Morgan fingerprint density at radius 3 is 2.75 bits per heavy atom. The van der Waals surface area contributed by atoms with Crippen molar-refractivity contribution in [2.45, 2.75) is 19.8 Å². The number of benzene rings is 1. The first-order valence-electron chi connectivity index (χ1n) is 5.06. The lowest BCUT2D eigenvalue weighted by molar-refractivity contribution is -0.119. The zero-order chi connectivity index (χ0) is 11.8. The number of rotatable bonds is 2. The maximum absolute atomic E-state index is 13.0. The van der Waals surface area contributed by atoms with Crippen LogP contribution in [0, 0.1) is 29.5 Å². The zero-order valence-electron chi connectivity index (χ0n) is 8.88. The van der Waals surface area contributed by atoms with E-state index in [0.717, 1.165) is 0 Å². The SMILES string of the molecule is Cc1cc(NC(=O)C2(C#N)CC2)ccc1F. The molecule has 2 rings (SSSR count). The summed E-state index contributed by atoms with van der Waals surface area (Å²) in [5, 5.41) is 11.5. The average molecular weight is 218 g/mol. The Bertz CT molecular complexity index is 486. The molecule has 1 N–H and O–H groups in total. The van der Waals surface area contributed by atoms with E-state index >= 15 is 0 Å². The summed E-state index contributed by atoms with van der Waals surface area (Å²) >= 11 is 0. The molecule has 1 amide bonds. The molecular weight excluding hydrogens is 207 g/mol. The van der Waals surface area contributed by atoms with Crippen LogP contribution < -0.4 is 5.32 Å². The molecule has 16 heavy (non-hydrogen) atoms. The number of nitrogens with one attached hydrogen (secondary N) is 1. The fourth-order valence-electron chi connectivity index (χ4n) is 1.49. The van der Waals surface area contributed by atoms with Crippen molar-refractivity contribution in [1.82, 2.24) is 0 Å². The third-order valence-corrected chi connectivity index (χ3v) is 2.81. The van der Waals surface area contributed by atoms with Crippen molar-refractivity contribution in [3.63, 3.8) is 0 Å². The Hall–Kier alpha value is -1.89. The van der Waals surface area contributed by atoms with E-state index in [2.05, 4.69) is 5.32 Å². The molecule has 1 aromatic rings. The summed E-state index contributed by atoms with van der Waals surface area (Å²) in [5.41, 5.74) is 0.160. The molecule has 1 aliphatic carbocycles. The van der Waals surface area contributed by atoms with Crippen LogP contribution in [0.25, 0.3) is 0 Å². The zero-order valence-corrected chi connectivity index (χ0v) is 8.88. The molecule has 0 atom stereocenters. The lowest BCUT2D eigenvalue weighted by atomic mass is 10.1. The molecular formula is C12H11FN2O. The van der Waals surface area contributed by atoms with Crippen LogP contribution in [0.3, 0.4) is 0 Å². The lowest BCUT2D eigenvalue weighted by Crippen LogP contribution is -2.22. The first-order valence-corrected chi connectivity index (χ1v) is 5.06. The molecule has 0 spiro atoms. The van der Waals surface area contributed by atoms with Crippen molar-refractivity contribution in [2.75, 3.05) is 5.32 Å². The Labute approximate surface area is 92.9 Å². The van der Waals surface area contributed by atoms with Gasteiger partial charge in [0.15, 0.2) is 0 Å². The number of anilines is 1. The Morgan fingerprint density at radius 2 is 2.25 bits per heavy atom. The van der Waals surface area contributed by atoms with E-state index in [1.54, 1.807) is 13.0 Å². The quantitative estimate of drug-likeness (QED) is 0.828. The fourth-order valence-corrected chi connectivity index (χ4v) is 1.49. The van der Waals surface area contributed by atoms with Crippen LogP contribution in [0.4, 0.5) is 10.1 Å². The molecule has 1 aromatic carbocycles. The summed E-state index contributed by atoms with van der Waals surface area (Å²) in [4.78, 5) is 11.7. The third kappa shape index (κ3) is 1.76. The highest BCUT2D eigenvalue weighted by molar-refractivity contribution is 5.99. The van der Waals surface area contributed by atoms with Gasteiger partial charge >= 0.3 is 0 Å². The first-order chi connectivity index (χ1) is 7.57. The molecule has 0 unspecified atom stereocenters.